The maximum absolute atomic E-state index is 12.8. The highest BCUT2D eigenvalue weighted by molar-refractivity contribution is 5.95. The molecule has 0 saturated carbocycles. The van der Waals surface area contributed by atoms with Gasteiger partial charge in [0.05, 0.1) is 21.7 Å². The molecule has 0 spiro atoms. The first-order valence-corrected chi connectivity index (χ1v) is 8.53. The van der Waals surface area contributed by atoms with Crippen LogP contribution < -0.4 is 5.32 Å². The van der Waals surface area contributed by atoms with Gasteiger partial charge in [0.1, 0.15) is 5.75 Å². The molecule has 7 nitrogen and oxygen atoms in total. The second-order valence-electron chi connectivity index (χ2n) is 6.27. The van der Waals surface area contributed by atoms with Crippen molar-refractivity contribution in [2.24, 2.45) is 0 Å². The number of amides is 1. The molecule has 3 aromatic rings. The normalized spacial score (nSPS) is 11.2. The lowest BCUT2D eigenvalue weighted by atomic mass is 10.1. The molecule has 30 heavy (non-hydrogen) atoms. The number of nitro groups is 1. The van der Waals surface area contributed by atoms with E-state index >= 15 is 0 Å². The molecule has 0 radical (unpaired) electrons. The van der Waals surface area contributed by atoms with Crippen molar-refractivity contribution in [2.45, 2.75) is 12.7 Å². The Morgan fingerprint density at radius 3 is 2.60 bits per heavy atom. The molecule has 3 rings (SSSR count). The maximum atomic E-state index is 12.8. The Morgan fingerprint density at radius 2 is 1.90 bits per heavy atom. The Balaban J connectivity index is 1.81. The van der Waals surface area contributed by atoms with E-state index in [-0.39, 0.29) is 40.4 Å². The predicted octanol–water partition coefficient (Wildman–Crippen LogP) is 4.31. The Kier molecular flexibility index (Phi) is 5.67. The highest BCUT2D eigenvalue weighted by Crippen LogP contribution is 2.32. The van der Waals surface area contributed by atoms with Gasteiger partial charge in [-0.15, -0.1) is 0 Å². The average Bonchev–Trinajstić information content (AvgIpc) is 2.71. The molecule has 1 aromatic heterocycles. The minimum atomic E-state index is -4.49. The quantitative estimate of drug-likeness (QED) is 0.475. The SMILES string of the molecule is O=C(NCc1cccc(C(F)(F)F)c1)c1ccnc(-c2cc(O)ccc2[N+](=O)[O-])c1. The van der Waals surface area contributed by atoms with Gasteiger partial charge in [-0.3, -0.25) is 19.9 Å². The topological polar surface area (TPSA) is 105 Å². The number of aromatic nitrogens is 1. The summed E-state index contributed by atoms with van der Waals surface area (Å²) in [6.07, 6.45) is -3.22. The number of carbonyl (C=O) groups is 1. The van der Waals surface area contributed by atoms with Gasteiger partial charge in [0, 0.05) is 24.4 Å². The summed E-state index contributed by atoms with van der Waals surface area (Å²) >= 11 is 0. The van der Waals surface area contributed by atoms with E-state index in [1.54, 1.807) is 0 Å². The van der Waals surface area contributed by atoms with Gasteiger partial charge in [0.2, 0.25) is 0 Å². The van der Waals surface area contributed by atoms with Crippen LogP contribution in [0.5, 0.6) is 5.75 Å². The summed E-state index contributed by atoms with van der Waals surface area (Å²) in [7, 11) is 0. The number of hydrogen-bond acceptors (Lipinski definition) is 5. The zero-order valence-electron chi connectivity index (χ0n) is 15.2. The molecule has 0 saturated heterocycles. The average molecular weight is 417 g/mol. The minimum absolute atomic E-state index is 0.0209. The summed E-state index contributed by atoms with van der Waals surface area (Å²) in [5.74, 6) is -0.810. The van der Waals surface area contributed by atoms with Crippen LogP contribution in [0.3, 0.4) is 0 Å². The standard InChI is InChI=1S/C20H14F3N3O4/c21-20(22,23)14-3-1-2-12(8-14)11-25-19(28)13-6-7-24-17(9-13)16-10-15(27)4-5-18(16)26(29)30/h1-10,27H,11H2,(H,25,28). The van der Waals surface area contributed by atoms with Crippen molar-refractivity contribution in [1.82, 2.24) is 10.3 Å². The van der Waals surface area contributed by atoms with E-state index in [1.807, 2.05) is 0 Å². The summed E-state index contributed by atoms with van der Waals surface area (Å²) in [5.41, 5.74) is -0.656. The molecule has 10 heteroatoms. The van der Waals surface area contributed by atoms with Crippen molar-refractivity contribution in [3.05, 3.63) is 87.6 Å². The van der Waals surface area contributed by atoms with E-state index in [0.717, 1.165) is 30.3 Å². The van der Waals surface area contributed by atoms with E-state index in [1.165, 1.54) is 30.5 Å². The fourth-order valence-corrected chi connectivity index (χ4v) is 2.75. The lowest BCUT2D eigenvalue weighted by molar-refractivity contribution is -0.384. The van der Waals surface area contributed by atoms with Crippen molar-refractivity contribution >= 4 is 11.6 Å². The molecule has 0 aliphatic heterocycles. The van der Waals surface area contributed by atoms with Gasteiger partial charge in [0.15, 0.2) is 0 Å². The summed E-state index contributed by atoms with van der Waals surface area (Å²) < 4.78 is 38.4. The number of aromatic hydroxyl groups is 1. The van der Waals surface area contributed by atoms with Crippen LogP contribution in [0.4, 0.5) is 18.9 Å². The van der Waals surface area contributed by atoms with Crippen LogP contribution in [-0.2, 0) is 12.7 Å². The van der Waals surface area contributed by atoms with Crippen LogP contribution in [0.2, 0.25) is 0 Å². The molecular formula is C20H14F3N3O4. The zero-order valence-corrected chi connectivity index (χ0v) is 15.2. The fraction of sp³-hybridized carbons (Fsp3) is 0.100. The minimum Gasteiger partial charge on any atom is -0.508 e. The number of hydrogen-bond donors (Lipinski definition) is 2. The molecule has 0 fully saturated rings. The summed E-state index contributed by atoms with van der Waals surface area (Å²) in [4.78, 5) is 27.0. The Morgan fingerprint density at radius 1 is 1.13 bits per heavy atom. The van der Waals surface area contributed by atoms with Crippen LogP contribution in [0.15, 0.2) is 60.8 Å². The first-order valence-electron chi connectivity index (χ1n) is 8.53. The van der Waals surface area contributed by atoms with Crippen LogP contribution in [0.1, 0.15) is 21.5 Å². The van der Waals surface area contributed by atoms with Gasteiger partial charge >= 0.3 is 6.18 Å². The Hall–Kier alpha value is -3.95. The number of phenolic OH excluding ortho intramolecular Hbond substituents is 1. The fourth-order valence-electron chi connectivity index (χ4n) is 2.75. The first-order chi connectivity index (χ1) is 14.1. The van der Waals surface area contributed by atoms with Crippen LogP contribution >= 0.6 is 0 Å². The van der Waals surface area contributed by atoms with Crippen molar-refractivity contribution in [1.29, 1.82) is 0 Å². The lowest BCUT2D eigenvalue weighted by Gasteiger charge is -2.10. The molecule has 0 atom stereocenters. The number of rotatable bonds is 5. The largest absolute Gasteiger partial charge is 0.508 e. The van der Waals surface area contributed by atoms with Crippen LogP contribution in [0, 0.1) is 10.1 Å². The summed E-state index contributed by atoms with van der Waals surface area (Å²) in [6.45, 7) is -0.146. The van der Waals surface area contributed by atoms with E-state index in [0.29, 0.717) is 0 Å². The van der Waals surface area contributed by atoms with Gasteiger partial charge in [-0.05, 0) is 42.0 Å². The maximum Gasteiger partial charge on any atom is 0.416 e. The molecule has 154 valence electrons. The first kappa shape index (κ1) is 20.8. The van der Waals surface area contributed by atoms with Crippen molar-refractivity contribution < 1.29 is 28.0 Å². The number of benzene rings is 2. The summed E-state index contributed by atoms with van der Waals surface area (Å²) in [5, 5.41) is 23.4. The van der Waals surface area contributed by atoms with Crippen molar-refractivity contribution in [3.8, 4) is 17.0 Å². The van der Waals surface area contributed by atoms with Crippen molar-refractivity contribution in [3.63, 3.8) is 0 Å². The number of halogens is 3. The molecule has 0 aliphatic rings. The molecular weight excluding hydrogens is 403 g/mol. The predicted molar refractivity (Wildman–Crippen MR) is 101 cm³/mol. The lowest BCUT2D eigenvalue weighted by Crippen LogP contribution is -2.23. The molecule has 0 aliphatic carbocycles. The number of phenols is 1. The van der Waals surface area contributed by atoms with Crippen molar-refractivity contribution in [2.75, 3.05) is 0 Å². The number of nitrogens with one attached hydrogen (secondary N) is 1. The smallest absolute Gasteiger partial charge is 0.416 e. The highest BCUT2D eigenvalue weighted by Gasteiger charge is 2.30. The van der Waals surface area contributed by atoms with Crippen LogP contribution in [-0.4, -0.2) is 20.9 Å². The monoisotopic (exact) mass is 417 g/mol. The van der Waals surface area contributed by atoms with Gasteiger partial charge in [-0.2, -0.15) is 13.2 Å². The third kappa shape index (κ3) is 4.72. The molecule has 0 bridgehead atoms. The number of nitro benzene ring substituents is 1. The Labute approximate surface area is 168 Å². The molecule has 1 amide bonds. The van der Waals surface area contributed by atoms with E-state index in [2.05, 4.69) is 10.3 Å². The molecule has 2 aromatic carbocycles. The van der Waals surface area contributed by atoms with Crippen LogP contribution in [0.25, 0.3) is 11.3 Å². The van der Waals surface area contributed by atoms with E-state index < -0.39 is 22.6 Å². The van der Waals surface area contributed by atoms with Gasteiger partial charge < -0.3 is 10.4 Å². The third-order valence-corrected chi connectivity index (χ3v) is 4.18. The van der Waals surface area contributed by atoms with Gasteiger partial charge in [0.25, 0.3) is 11.6 Å². The van der Waals surface area contributed by atoms with E-state index in [9.17, 15) is 33.2 Å². The number of pyridine rings is 1. The highest BCUT2D eigenvalue weighted by atomic mass is 19.4. The molecule has 1 heterocycles. The number of alkyl halides is 3. The van der Waals surface area contributed by atoms with Gasteiger partial charge in [-0.1, -0.05) is 12.1 Å². The number of nitrogens with zero attached hydrogens (tertiary/aromatic N) is 2. The third-order valence-electron chi connectivity index (χ3n) is 4.18. The second kappa shape index (κ2) is 8.19. The molecule has 0 unspecified atom stereocenters. The van der Waals surface area contributed by atoms with Gasteiger partial charge in [-0.25, -0.2) is 0 Å². The molecule has 2 N–H and O–H groups in total. The van der Waals surface area contributed by atoms with E-state index in [4.69, 9.17) is 0 Å². The number of carbonyl (C=O) groups excluding carboxylic acids is 1. The summed E-state index contributed by atoms with van der Waals surface area (Å²) in [6, 6.07) is 10.7. The second-order valence-corrected chi connectivity index (χ2v) is 6.27. The zero-order chi connectivity index (χ0) is 21.9. The Bertz CT molecular complexity index is 1120.